The van der Waals surface area contributed by atoms with Gasteiger partial charge in [-0.05, 0) is 6.42 Å². The molecule has 1 heterocycles. The van der Waals surface area contributed by atoms with E-state index in [1.54, 1.807) is 6.92 Å². The van der Waals surface area contributed by atoms with Crippen LogP contribution in [0.3, 0.4) is 0 Å². The summed E-state index contributed by atoms with van der Waals surface area (Å²) < 4.78 is 39.1. The molecule has 3 N–H and O–H groups in total. The van der Waals surface area contributed by atoms with Gasteiger partial charge in [-0.2, -0.15) is 13.2 Å². The molecule has 0 spiro atoms. The molecule has 0 fully saturated rings. The third-order valence-corrected chi connectivity index (χ3v) is 2.24. The van der Waals surface area contributed by atoms with Gasteiger partial charge < -0.3 is 10.8 Å². The Balaban J connectivity index is 3.33. The Morgan fingerprint density at radius 1 is 1.59 bits per heavy atom. The van der Waals surface area contributed by atoms with Crippen LogP contribution in [0.15, 0.2) is 6.20 Å². The van der Waals surface area contributed by atoms with Gasteiger partial charge in [-0.15, -0.1) is 5.10 Å². The number of carboxylic acid groups (broad SMARTS) is 1. The van der Waals surface area contributed by atoms with Crippen LogP contribution in [0.5, 0.6) is 0 Å². The number of halogens is 3. The van der Waals surface area contributed by atoms with Crippen LogP contribution < -0.4 is 5.73 Å². The van der Waals surface area contributed by atoms with Crippen LogP contribution in [-0.2, 0) is 16.9 Å². The van der Waals surface area contributed by atoms with Gasteiger partial charge in [-0.1, -0.05) is 12.1 Å². The molecule has 0 aromatic carbocycles. The zero-order chi connectivity index (χ0) is 13.3. The molecular formula is C8H11F3N4O2. The van der Waals surface area contributed by atoms with Gasteiger partial charge in [0.15, 0.2) is 0 Å². The summed E-state index contributed by atoms with van der Waals surface area (Å²) in [6.45, 7) is 1.82. The summed E-state index contributed by atoms with van der Waals surface area (Å²) in [5, 5.41) is 15.4. The number of aromatic nitrogens is 3. The summed E-state index contributed by atoms with van der Waals surface area (Å²) in [6, 6.07) is 0. The first kappa shape index (κ1) is 13.4. The number of alkyl halides is 3. The largest absolute Gasteiger partial charge is 0.479 e. The Morgan fingerprint density at radius 2 is 2.18 bits per heavy atom. The zero-order valence-corrected chi connectivity index (χ0v) is 8.90. The third-order valence-electron chi connectivity index (χ3n) is 2.24. The number of aliphatic carboxylic acids is 1. The molecule has 0 aliphatic rings. The fourth-order valence-corrected chi connectivity index (χ4v) is 1.32. The van der Waals surface area contributed by atoms with Gasteiger partial charge >= 0.3 is 12.1 Å². The highest BCUT2D eigenvalue weighted by atomic mass is 19.4. The van der Waals surface area contributed by atoms with E-state index in [1.165, 1.54) is 0 Å². The molecule has 0 aliphatic heterocycles. The van der Waals surface area contributed by atoms with Crippen molar-refractivity contribution in [2.75, 3.05) is 0 Å². The Morgan fingerprint density at radius 3 is 2.59 bits per heavy atom. The van der Waals surface area contributed by atoms with Gasteiger partial charge in [-0.25, -0.2) is 9.48 Å². The van der Waals surface area contributed by atoms with Crippen LogP contribution in [0.1, 0.15) is 19.0 Å². The second kappa shape index (κ2) is 4.32. The second-order valence-corrected chi connectivity index (χ2v) is 3.45. The molecule has 1 rings (SSSR count). The fourth-order valence-electron chi connectivity index (χ4n) is 1.32. The number of carbonyl (C=O) groups is 1. The Bertz CT molecular complexity index is 417. The molecule has 9 heteroatoms. The molecule has 0 bridgehead atoms. The predicted molar refractivity (Wildman–Crippen MR) is 49.9 cm³/mol. The number of hydrogen-bond donors (Lipinski definition) is 2. The highest BCUT2D eigenvalue weighted by Gasteiger charge is 2.61. The number of carboxylic acids is 1. The fraction of sp³-hybridized carbons (Fsp3) is 0.625. The Kier molecular flexibility index (Phi) is 3.41. The summed E-state index contributed by atoms with van der Waals surface area (Å²) in [7, 11) is 0. The van der Waals surface area contributed by atoms with Gasteiger partial charge in [0.25, 0.3) is 5.54 Å². The van der Waals surface area contributed by atoms with Crippen molar-refractivity contribution < 1.29 is 23.1 Å². The highest BCUT2D eigenvalue weighted by molar-refractivity contribution is 5.81. The van der Waals surface area contributed by atoms with Gasteiger partial charge in [0.1, 0.15) is 0 Å². The maximum absolute atomic E-state index is 12.8. The van der Waals surface area contributed by atoms with Crippen LogP contribution >= 0.6 is 0 Å². The molecule has 0 amide bonds. The van der Waals surface area contributed by atoms with Crippen molar-refractivity contribution in [1.29, 1.82) is 0 Å². The second-order valence-electron chi connectivity index (χ2n) is 3.45. The maximum Gasteiger partial charge on any atom is 0.423 e. The van der Waals surface area contributed by atoms with Crippen molar-refractivity contribution in [2.45, 2.75) is 31.6 Å². The maximum atomic E-state index is 12.8. The van der Waals surface area contributed by atoms with E-state index >= 15 is 0 Å². The lowest BCUT2D eigenvalue weighted by Crippen LogP contribution is -2.57. The normalized spacial score (nSPS) is 15.6. The standard InChI is InChI=1S/C8H11F3N4O2/c1-2-3-15-5(4-13-14-15)7(12,6(16)17)8(9,10)11/h4H,2-3,12H2,1H3,(H,16,17). The van der Waals surface area contributed by atoms with Gasteiger partial charge in [0.05, 0.1) is 11.9 Å². The van der Waals surface area contributed by atoms with Crippen molar-refractivity contribution in [1.82, 2.24) is 15.0 Å². The Labute approximate surface area is 94.2 Å². The zero-order valence-electron chi connectivity index (χ0n) is 8.90. The summed E-state index contributed by atoms with van der Waals surface area (Å²) in [4.78, 5) is 10.8. The number of nitrogens with zero attached hydrogens (tertiary/aromatic N) is 3. The first-order chi connectivity index (χ1) is 7.75. The van der Waals surface area contributed by atoms with Crippen molar-refractivity contribution in [3.8, 4) is 0 Å². The van der Waals surface area contributed by atoms with Crippen LogP contribution in [-0.4, -0.2) is 32.2 Å². The summed E-state index contributed by atoms with van der Waals surface area (Å²) in [5.41, 5.74) is 0.814. The lowest BCUT2D eigenvalue weighted by Gasteiger charge is -2.27. The van der Waals surface area contributed by atoms with Crippen molar-refractivity contribution in [3.63, 3.8) is 0 Å². The molecule has 0 saturated heterocycles. The monoisotopic (exact) mass is 252 g/mol. The number of rotatable bonds is 4. The van der Waals surface area contributed by atoms with Crippen molar-refractivity contribution in [2.24, 2.45) is 5.73 Å². The molecule has 96 valence electrons. The number of aryl methyl sites for hydroxylation is 1. The first-order valence-electron chi connectivity index (χ1n) is 4.73. The average molecular weight is 252 g/mol. The number of hydrogen-bond acceptors (Lipinski definition) is 4. The molecule has 0 radical (unpaired) electrons. The quantitative estimate of drug-likeness (QED) is 0.813. The van der Waals surface area contributed by atoms with Crippen molar-refractivity contribution in [3.05, 3.63) is 11.9 Å². The van der Waals surface area contributed by atoms with E-state index in [1.807, 2.05) is 0 Å². The molecule has 1 unspecified atom stereocenters. The van der Waals surface area contributed by atoms with E-state index in [-0.39, 0.29) is 6.54 Å². The molecule has 1 atom stereocenters. The Hall–Kier alpha value is -1.64. The lowest BCUT2D eigenvalue weighted by molar-refractivity contribution is -0.206. The van der Waals surface area contributed by atoms with Gasteiger partial charge in [0, 0.05) is 6.54 Å². The van der Waals surface area contributed by atoms with E-state index in [9.17, 15) is 18.0 Å². The molecule has 6 nitrogen and oxygen atoms in total. The van der Waals surface area contributed by atoms with E-state index in [0.717, 1.165) is 10.9 Å². The lowest BCUT2D eigenvalue weighted by atomic mass is 9.96. The highest BCUT2D eigenvalue weighted by Crippen LogP contribution is 2.36. The summed E-state index contributed by atoms with van der Waals surface area (Å²) >= 11 is 0. The topological polar surface area (TPSA) is 94.0 Å². The van der Waals surface area contributed by atoms with Gasteiger partial charge in [-0.3, -0.25) is 0 Å². The van der Waals surface area contributed by atoms with E-state index in [2.05, 4.69) is 10.3 Å². The minimum Gasteiger partial charge on any atom is -0.479 e. The average Bonchev–Trinajstić information content (AvgIpc) is 2.63. The van der Waals surface area contributed by atoms with Crippen LogP contribution in [0.4, 0.5) is 13.2 Å². The molecule has 1 aromatic heterocycles. The van der Waals surface area contributed by atoms with E-state index in [4.69, 9.17) is 10.8 Å². The third kappa shape index (κ3) is 2.09. The minimum atomic E-state index is -5.13. The molecule has 1 aromatic rings. The molecular weight excluding hydrogens is 241 g/mol. The van der Waals surface area contributed by atoms with Crippen LogP contribution in [0.2, 0.25) is 0 Å². The van der Waals surface area contributed by atoms with E-state index in [0.29, 0.717) is 6.42 Å². The molecule has 17 heavy (non-hydrogen) atoms. The first-order valence-corrected chi connectivity index (χ1v) is 4.73. The smallest absolute Gasteiger partial charge is 0.423 e. The van der Waals surface area contributed by atoms with Gasteiger partial charge in [0.2, 0.25) is 0 Å². The van der Waals surface area contributed by atoms with Crippen LogP contribution in [0, 0.1) is 0 Å². The predicted octanol–water partition coefficient (Wildman–Crippen LogP) is 0.489. The minimum absolute atomic E-state index is 0.109. The van der Waals surface area contributed by atoms with Crippen LogP contribution in [0.25, 0.3) is 0 Å². The number of nitrogens with two attached hydrogens (primary N) is 1. The van der Waals surface area contributed by atoms with Crippen molar-refractivity contribution >= 4 is 5.97 Å². The SMILES string of the molecule is CCCn1nncc1C(N)(C(=O)O)C(F)(F)F. The summed E-state index contributed by atoms with van der Waals surface area (Å²) in [6.07, 6.45) is -3.94. The van der Waals surface area contributed by atoms with E-state index < -0.39 is 23.4 Å². The summed E-state index contributed by atoms with van der Waals surface area (Å²) in [5.74, 6) is -2.19. The molecule has 0 aliphatic carbocycles. The molecule has 0 saturated carbocycles.